The van der Waals surface area contributed by atoms with Gasteiger partial charge in [-0.1, -0.05) is 36.4 Å². The van der Waals surface area contributed by atoms with Crippen molar-refractivity contribution in [3.8, 4) is 5.75 Å². The largest absolute Gasteiger partial charge is 0.495 e. The number of methoxy groups -OCH3 is 1. The first kappa shape index (κ1) is 13.7. The summed E-state index contributed by atoms with van der Waals surface area (Å²) in [6.45, 7) is 2.00. The van der Waals surface area contributed by atoms with Gasteiger partial charge in [-0.25, -0.2) is 0 Å². The van der Waals surface area contributed by atoms with Gasteiger partial charge in [-0.05, 0) is 42.5 Å². The second-order valence-corrected chi connectivity index (χ2v) is 5.55. The molecule has 0 unspecified atom stereocenters. The van der Waals surface area contributed by atoms with Crippen molar-refractivity contribution in [2.24, 2.45) is 5.92 Å². The van der Waals surface area contributed by atoms with Gasteiger partial charge in [0, 0.05) is 5.92 Å². The molecular weight excluding hydrogens is 262 g/mol. The molecule has 0 saturated heterocycles. The average Bonchev–Trinajstić information content (AvgIpc) is 3.29. The Morgan fingerprint density at radius 1 is 1.19 bits per heavy atom. The van der Waals surface area contributed by atoms with Gasteiger partial charge in [0.1, 0.15) is 5.75 Å². The molecule has 0 spiro atoms. The minimum absolute atomic E-state index is 0.0672. The van der Waals surface area contributed by atoms with Gasteiger partial charge in [0.2, 0.25) is 5.91 Å². The highest BCUT2D eigenvalue weighted by Crippen LogP contribution is 2.48. The van der Waals surface area contributed by atoms with E-state index >= 15 is 0 Å². The lowest BCUT2D eigenvalue weighted by molar-refractivity contribution is -0.117. The molecule has 1 aliphatic rings. The number of nitrogens with one attached hydrogen (secondary N) is 1. The van der Waals surface area contributed by atoms with Crippen molar-refractivity contribution in [1.82, 2.24) is 0 Å². The van der Waals surface area contributed by atoms with Crippen molar-refractivity contribution in [2.45, 2.75) is 19.3 Å². The van der Waals surface area contributed by atoms with E-state index in [1.165, 1.54) is 5.56 Å². The maximum atomic E-state index is 12.4. The molecule has 108 valence electrons. The Bertz CT molecular complexity index is 652. The quantitative estimate of drug-likeness (QED) is 0.927. The molecule has 1 amide bonds. The van der Waals surface area contributed by atoms with E-state index in [0.717, 1.165) is 17.7 Å². The third-order valence-electron chi connectivity index (χ3n) is 3.97. The fourth-order valence-electron chi connectivity index (χ4n) is 2.70. The minimum Gasteiger partial charge on any atom is -0.495 e. The monoisotopic (exact) mass is 281 g/mol. The summed E-state index contributed by atoms with van der Waals surface area (Å²) < 4.78 is 5.30. The van der Waals surface area contributed by atoms with Gasteiger partial charge in [0.25, 0.3) is 0 Å². The van der Waals surface area contributed by atoms with Gasteiger partial charge in [-0.15, -0.1) is 0 Å². The van der Waals surface area contributed by atoms with Crippen LogP contribution in [0.3, 0.4) is 0 Å². The zero-order chi connectivity index (χ0) is 14.8. The Hall–Kier alpha value is -2.29. The molecule has 3 heteroatoms. The van der Waals surface area contributed by atoms with Crippen LogP contribution in [0, 0.1) is 12.8 Å². The first-order valence-corrected chi connectivity index (χ1v) is 7.19. The van der Waals surface area contributed by atoms with Crippen LogP contribution in [0.15, 0.2) is 48.5 Å². The van der Waals surface area contributed by atoms with Crippen LogP contribution in [-0.4, -0.2) is 13.0 Å². The Morgan fingerprint density at radius 3 is 2.67 bits per heavy atom. The number of amides is 1. The van der Waals surface area contributed by atoms with Crippen LogP contribution in [-0.2, 0) is 4.79 Å². The highest BCUT2D eigenvalue weighted by molar-refractivity contribution is 5.96. The maximum Gasteiger partial charge on any atom is 0.228 e. The smallest absolute Gasteiger partial charge is 0.228 e. The number of hydrogen-bond donors (Lipinski definition) is 1. The van der Waals surface area contributed by atoms with Crippen LogP contribution in [0.5, 0.6) is 5.75 Å². The fourth-order valence-corrected chi connectivity index (χ4v) is 2.70. The van der Waals surface area contributed by atoms with E-state index in [2.05, 4.69) is 17.4 Å². The normalized spacial score (nSPS) is 19.9. The highest BCUT2D eigenvalue weighted by atomic mass is 16.5. The number of carbonyl (C=O) groups excluding carboxylic acids is 1. The summed E-state index contributed by atoms with van der Waals surface area (Å²) in [5.41, 5.74) is 3.09. The molecule has 0 radical (unpaired) electrons. The predicted molar refractivity (Wildman–Crippen MR) is 83.7 cm³/mol. The summed E-state index contributed by atoms with van der Waals surface area (Å²) in [6, 6.07) is 16.0. The van der Waals surface area contributed by atoms with Crippen LogP contribution in [0.1, 0.15) is 23.5 Å². The number of aryl methyl sites for hydroxylation is 1. The first-order valence-electron chi connectivity index (χ1n) is 7.19. The van der Waals surface area contributed by atoms with E-state index in [1.807, 2.05) is 43.3 Å². The Kier molecular flexibility index (Phi) is 3.65. The van der Waals surface area contributed by atoms with Gasteiger partial charge in [0.05, 0.1) is 12.8 Å². The molecular formula is C18H19NO2. The third kappa shape index (κ3) is 2.92. The Balaban J connectivity index is 1.70. The Morgan fingerprint density at radius 2 is 1.95 bits per heavy atom. The summed E-state index contributed by atoms with van der Waals surface area (Å²) in [4.78, 5) is 12.4. The molecule has 2 atom stereocenters. The van der Waals surface area contributed by atoms with Crippen LogP contribution < -0.4 is 10.1 Å². The van der Waals surface area contributed by atoms with Crippen molar-refractivity contribution in [2.75, 3.05) is 12.4 Å². The first-order chi connectivity index (χ1) is 10.2. The standard InChI is InChI=1S/C18H19NO2/c1-12-8-9-17(21-2)16(10-12)19-18(20)15-11-14(15)13-6-4-3-5-7-13/h3-10,14-15H,11H2,1-2H3,(H,19,20)/t14-,15-/m1/s1. The summed E-state index contributed by atoms with van der Waals surface area (Å²) in [7, 11) is 1.62. The van der Waals surface area contributed by atoms with E-state index < -0.39 is 0 Å². The van der Waals surface area contributed by atoms with Gasteiger partial charge < -0.3 is 10.1 Å². The van der Waals surface area contributed by atoms with Crippen molar-refractivity contribution >= 4 is 11.6 Å². The average molecular weight is 281 g/mol. The minimum atomic E-state index is 0.0672. The van der Waals surface area contributed by atoms with Crippen molar-refractivity contribution in [1.29, 1.82) is 0 Å². The van der Waals surface area contributed by atoms with E-state index in [4.69, 9.17) is 4.74 Å². The molecule has 1 N–H and O–H groups in total. The molecule has 0 aromatic heterocycles. The van der Waals surface area contributed by atoms with Gasteiger partial charge in [-0.2, -0.15) is 0 Å². The number of rotatable bonds is 4. The van der Waals surface area contributed by atoms with E-state index in [-0.39, 0.29) is 11.8 Å². The second kappa shape index (κ2) is 5.60. The lowest BCUT2D eigenvalue weighted by atomic mass is 10.1. The predicted octanol–water partition coefficient (Wildman–Crippen LogP) is 3.75. The molecule has 1 aliphatic carbocycles. The summed E-state index contributed by atoms with van der Waals surface area (Å²) in [5, 5.41) is 3.00. The van der Waals surface area contributed by atoms with E-state index in [9.17, 15) is 4.79 Å². The summed E-state index contributed by atoms with van der Waals surface area (Å²) >= 11 is 0. The zero-order valence-electron chi connectivity index (χ0n) is 12.3. The van der Waals surface area contributed by atoms with Crippen LogP contribution in [0.2, 0.25) is 0 Å². The fraction of sp³-hybridized carbons (Fsp3) is 0.278. The number of anilines is 1. The molecule has 3 rings (SSSR count). The molecule has 3 nitrogen and oxygen atoms in total. The molecule has 0 aliphatic heterocycles. The highest BCUT2D eigenvalue weighted by Gasteiger charge is 2.43. The van der Waals surface area contributed by atoms with Crippen molar-refractivity contribution < 1.29 is 9.53 Å². The molecule has 2 aromatic rings. The second-order valence-electron chi connectivity index (χ2n) is 5.55. The van der Waals surface area contributed by atoms with E-state index in [0.29, 0.717) is 11.7 Å². The number of hydrogen-bond acceptors (Lipinski definition) is 2. The number of carbonyl (C=O) groups is 1. The maximum absolute atomic E-state index is 12.4. The lowest BCUT2D eigenvalue weighted by Gasteiger charge is -2.11. The van der Waals surface area contributed by atoms with Gasteiger partial charge in [-0.3, -0.25) is 4.79 Å². The third-order valence-corrected chi connectivity index (χ3v) is 3.97. The van der Waals surface area contributed by atoms with Crippen molar-refractivity contribution in [3.05, 3.63) is 59.7 Å². The summed E-state index contributed by atoms with van der Waals surface area (Å²) in [6.07, 6.45) is 0.921. The van der Waals surface area contributed by atoms with Crippen LogP contribution in [0.4, 0.5) is 5.69 Å². The molecule has 1 saturated carbocycles. The molecule has 0 heterocycles. The van der Waals surface area contributed by atoms with E-state index in [1.54, 1.807) is 7.11 Å². The number of ether oxygens (including phenoxy) is 1. The van der Waals surface area contributed by atoms with Gasteiger partial charge in [0.15, 0.2) is 0 Å². The Labute approximate surface area is 124 Å². The molecule has 1 fully saturated rings. The van der Waals surface area contributed by atoms with Crippen LogP contribution in [0.25, 0.3) is 0 Å². The lowest BCUT2D eigenvalue weighted by Crippen LogP contribution is -2.15. The van der Waals surface area contributed by atoms with Crippen LogP contribution >= 0.6 is 0 Å². The van der Waals surface area contributed by atoms with Gasteiger partial charge >= 0.3 is 0 Å². The molecule has 2 aromatic carbocycles. The molecule has 21 heavy (non-hydrogen) atoms. The number of benzene rings is 2. The summed E-state index contributed by atoms with van der Waals surface area (Å²) in [5.74, 6) is 1.19. The van der Waals surface area contributed by atoms with Crippen molar-refractivity contribution in [3.63, 3.8) is 0 Å². The SMILES string of the molecule is COc1ccc(C)cc1NC(=O)[C@@H]1C[C@@H]1c1ccccc1. The molecule has 0 bridgehead atoms. The topological polar surface area (TPSA) is 38.3 Å². The zero-order valence-corrected chi connectivity index (χ0v) is 12.3.